The van der Waals surface area contributed by atoms with Gasteiger partial charge in [-0.2, -0.15) is 13.9 Å². The van der Waals surface area contributed by atoms with Crippen LogP contribution >= 0.6 is 0 Å². The smallest absolute Gasteiger partial charge is 0.333 e. The molecule has 1 aliphatic carbocycles. The fraction of sp³-hybridized carbons (Fsp3) is 0.238. The van der Waals surface area contributed by atoms with Gasteiger partial charge in [-0.3, -0.25) is 4.79 Å². The maximum atomic E-state index is 14.1. The third kappa shape index (κ3) is 2.69. The molecule has 4 nitrogen and oxygen atoms in total. The van der Waals surface area contributed by atoms with Gasteiger partial charge in [0, 0.05) is 5.39 Å². The number of rotatable bonds is 4. The lowest BCUT2D eigenvalue weighted by Crippen LogP contribution is -2.32. The van der Waals surface area contributed by atoms with Gasteiger partial charge in [0.05, 0.1) is 11.7 Å². The summed E-state index contributed by atoms with van der Waals surface area (Å²) in [5.74, 6) is -1.52. The van der Waals surface area contributed by atoms with E-state index in [0.717, 1.165) is 5.57 Å². The Morgan fingerprint density at radius 1 is 1.29 bits per heavy atom. The minimum atomic E-state index is -2.77. The van der Waals surface area contributed by atoms with Gasteiger partial charge >= 0.3 is 12.5 Å². The summed E-state index contributed by atoms with van der Waals surface area (Å²) in [6.07, 6.45) is 3.71. The third-order valence-electron chi connectivity index (χ3n) is 5.49. The number of fused-ring (bicyclic) bond motifs is 1. The topological polar surface area (TPSA) is 55.1 Å². The number of alkyl halides is 2. The molecule has 0 bridgehead atoms. The predicted octanol–water partition coefficient (Wildman–Crippen LogP) is 5.08. The SMILES string of the molecule is Cc1c(F)cccc1C1(C(=O)O)C=C(c2ccc3cnn(C(F)F)c3c2)CC1. The van der Waals surface area contributed by atoms with Crippen molar-refractivity contribution >= 4 is 22.4 Å². The average Bonchev–Trinajstić information content (AvgIpc) is 3.28. The first kappa shape index (κ1) is 18.3. The fourth-order valence-corrected chi connectivity index (χ4v) is 3.98. The van der Waals surface area contributed by atoms with Crippen LogP contribution in [0, 0.1) is 12.7 Å². The molecule has 0 spiro atoms. The first-order valence-electron chi connectivity index (χ1n) is 8.80. The molecule has 0 amide bonds. The lowest BCUT2D eigenvalue weighted by atomic mass is 9.78. The molecule has 7 heteroatoms. The van der Waals surface area contributed by atoms with Crippen LogP contribution in [-0.4, -0.2) is 20.9 Å². The maximum Gasteiger partial charge on any atom is 0.333 e. The van der Waals surface area contributed by atoms with Crippen LogP contribution in [0.1, 0.15) is 36.1 Å². The summed E-state index contributed by atoms with van der Waals surface area (Å²) in [5, 5.41) is 14.2. The molecule has 1 N–H and O–H groups in total. The van der Waals surface area contributed by atoms with Crippen LogP contribution < -0.4 is 0 Å². The molecule has 1 aromatic heterocycles. The Morgan fingerprint density at radius 2 is 2.07 bits per heavy atom. The van der Waals surface area contributed by atoms with E-state index in [4.69, 9.17) is 0 Å². The monoisotopic (exact) mass is 386 g/mol. The molecule has 1 aliphatic rings. The van der Waals surface area contributed by atoms with Crippen molar-refractivity contribution in [3.05, 3.63) is 71.2 Å². The van der Waals surface area contributed by atoms with E-state index in [2.05, 4.69) is 5.10 Å². The Balaban J connectivity index is 1.84. The molecule has 28 heavy (non-hydrogen) atoms. The minimum absolute atomic E-state index is 0.272. The van der Waals surface area contributed by atoms with E-state index in [1.807, 2.05) is 0 Å². The van der Waals surface area contributed by atoms with Crippen molar-refractivity contribution in [1.29, 1.82) is 0 Å². The highest BCUT2D eigenvalue weighted by atomic mass is 19.3. The van der Waals surface area contributed by atoms with Crippen LogP contribution in [0.4, 0.5) is 13.2 Å². The van der Waals surface area contributed by atoms with E-state index in [0.29, 0.717) is 33.2 Å². The van der Waals surface area contributed by atoms with Gasteiger partial charge in [-0.05, 0) is 54.2 Å². The van der Waals surface area contributed by atoms with E-state index < -0.39 is 23.8 Å². The quantitative estimate of drug-likeness (QED) is 0.680. The number of carbonyl (C=O) groups is 1. The number of nitrogens with zero attached hydrogens (tertiary/aromatic N) is 2. The van der Waals surface area contributed by atoms with Crippen molar-refractivity contribution < 1.29 is 23.1 Å². The van der Waals surface area contributed by atoms with Gasteiger partial charge < -0.3 is 5.11 Å². The number of aromatic nitrogens is 2. The Bertz CT molecular complexity index is 1120. The number of carboxylic acids is 1. The zero-order valence-corrected chi connectivity index (χ0v) is 15.0. The second-order valence-electron chi connectivity index (χ2n) is 7.00. The Kier molecular flexibility index (Phi) is 4.25. The van der Waals surface area contributed by atoms with Crippen LogP contribution in [0.3, 0.4) is 0 Å². The molecule has 0 aliphatic heterocycles. The van der Waals surface area contributed by atoms with E-state index in [1.54, 1.807) is 37.3 Å². The number of aliphatic carboxylic acids is 1. The van der Waals surface area contributed by atoms with Gasteiger partial charge in [-0.25, -0.2) is 9.07 Å². The van der Waals surface area contributed by atoms with Crippen LogP contribution in [0.15, 0.2) is 48.7 Å². The van der Waals surface area contributed by atoms with Gasteiger partial charge in [0.1, 0.15) is 11.2 Å². The van der Waals surface area contributed by atoms with Gasteiger partial charge in [0.2, 0.25) is 0 Å². The van der Waals surface area contributed by atoms with Crippen molar-refractivity contribution in [3.8, 4) is 0 Å². The van der Waals surface area contributed by atoms with Gasteiger partial charge in [0.15, 0.2) is 0 Å². The Labute approximate surface area is 158 Å². The van der Waals surface area contributed by atoms with E-state index >= 15 is 0 Å². The van der Waals surface area contributed by atoms with Crippen LogP contribution in [-0.2, 0) is 10.2 Å². The van der Waals surface area contributed by atoms with Gasteiger partial charge in [0.25, 0.3) is 0 Å². The summed E-state index contributed by atoms with van der Waals surface area (Å²) in [5.41, 5.74) is 1.03. The number of halogens is 3. The number of benzene rings is 2. The van der Waals surface area contributed by atoms with Gasteiger partial charge in [-0.1, -0.05) is 30.3 Å². The average molecular weight is 386 g/mol. The Morgan fingerprint density at radius 3 is 2.79 bits per heavy atom. The molecule has 1 heterocycles. The van der Waals surface area contributed by atoms with Crippen LogP contribution in [0.25, 0.3) is 16.5 Å². The second-order valence-corrected chi connectivity index (χ2v) is 7.00. The highest BCUT2D eigenvalue weighted by Crippen LogP contribution is 2.45. The molecular formula is C21H17F3N2O2. The normalized spacial score (nSPS) is 19.4. The van der Waals surface area contributed by atoms with Crippen molar-refractivity contribution in [2.45, 2.75) is 31.7 Å². The largest absolute Gasteiger partial charge is 0.480 e. The summed E-state index contributed by atoms with van der Waals surface area (Å²) in [4.78, 5) is 12.2. The Hall–Kier alpha value is -3.09. The van der Waals surface area contributed by atoms with Crippen molar-refractivity contribution in [3.63, 3.8) is 0 Å². The standard InChI is InChI=1S/C21H17F3N2O2/c1-12-16(3-2-4-17(12)22)21(19(27)28)8-7-14(10-21)13-5-6-15-11-25-26(20(23)24)18(15)9-13/h2-6,9-11,20H,7-8H2,1H3,(H,27,28). The van der Waals surface area contributed by atoms with E-state index in [-0.39, 0.29) is 11.9 Å². The van der Waals surface area contributed by atoms with Crippen molar-refractivity contribution in [1.82, 2.24) is 9.78 Å². The van der Waals surface area contributed by atoms with E-state index in [9.17, 15) is 23.1 Å². The fourth-order valence-electron chi connectivity index (χ4n) is 3.98. The molecule has 0 radical (unpaired) electrons. The predicted molar refractivity (Wildman–Crippen MR) is 98.6 cm³/mol. The molecule has 0 saturated carbocycles. The third-order valence-corrected chi connectivity index (χ3v) is 5.49. The number of carboxylic acid groups (broad SMARTS) is 1. The first-order valence-corrected chi connectivity index (χ1v) is 8.80. The lowest BCUT2D eigenvalue weighted by molar-refractivity contribution is -0.141. The summed E-state index contributed by atoms with van der Waals surface area (Å²) in [7, 11) is 0. The van der Waals surface area contributed by atoms with E-state index in [1.165, 1.54) is 18.3 Å². The number of hydrogen-bond donors (Lipinski definition) is 1. The molecule has 1 unspecified atom stereocenters. The van der Waals surface area contributed by atoms with Crippen molar-refractivity contribution in [2.75, 3.05) is 0 Å². The van der Waals surface area contributed by atoms with Crippen LogP contribution in [0.2, 0.25) is 0 Å². The maximum absolute atomic E-state index is 14.1. The molecular weight excluding hydrogens is 369 g/mol. The highest BCUT2D eigenvalue weighted by molar-refractivity contribution is 5.91. The molecule has 4 rings (SSSR count). The summed E-state index contributed by atoms with van der Waals surface area (Å²) in [6, 6.07) is 9.47. The summed E-state index contributed by atoms with van der Waals surface area (Å²) < 4.78 is 41.0. The lowest BCUT2D eigenvalue weighted by Gasteiger charge is -2.24. The molecule has 0 saturated heterocycles. The summed E-state index contributed by atoms with van der Waals surface area (Å²) >= 11 is 0. The summed E-state index contributed by atoms with van der Waals surface area (Å²) in [6.45, 7) is -1.20. The first-order chi connectivity index (χ1) is 13.3. The zero-order chi connectivity index (χ0) is 20.1. The number of hydrogen-bond acceptors (Lipinski definition) is 2. The van der Waals surface area contributed by atoms with Crippen LogP contribution in [0.5, 0.6) is 0 Å². The molecule has 2 aromatic carbocycles. The zero-order valence-electron chi connectivity index (χ0n) is 15.0. The number of allylic oxidation sites excluding steroid dienone is 1. The molecule has 0 fully saturated rings. The molecule has 3 aromatic rings. The highest BCUT2D eigenvalue weighted by Gasteiger charge is 2.43. The second kappa shape index (κ2) is 6.51. The molecule has 1 atom stereocenters. The molecule has 144 valence electrons. The van der Waals surface area contributed by atoms with Crippen molar-refractivity contribution in [2.24, 2.45) is 0 Å². The minimum Gasteiger partial charge on any atom is -0.480 e. The van der Waals surface area contributed by atoms with Gasteiger partial charge in [-0.15, -0.1) is 0 Å².